The quantitative estimate of drug-likeness (QED) is 0.459. The van der Waals surface area contributed by atoms with Crippen LogP contribution in [-0.2, 0) is 0 Å². The van der Waals surface area contributed by atoms with Gasteiger partial charge in [0.25, 0.3) is 5.88 Å². The highest BCUT2D eigenvalue weighted by Crippen LogP contribution is 2.33. The van der Waals surface area contributed by atoms with Crippen LogP contribution in [0.1, 0.15) is 25.0 Å². The molecule has 8 nitrogen and oxygen atoms in total. The van der Waals surface area contributed by atoms with E-state index in [4.69, 9.17) is 27.8 Å². The van der Waals surface area contributed by atoms with Crippen LogP contribution in [0.25, 0.3) is 11.3 Å². The van der Waals surface area contributed by atoms with Crippen LogP contribution in [0.2, 0.25) is 5.02 Å². The number of rotatable bonds is 5. The van der Waals surface area contributed by atoms with Crippen molar-refractivity contribution in [2.45, 2.75) is 25.5 Å². The van der Waals surface area contributed by atoms with Crippen molar-refractivity contribution in [1.29, 1.82) is 0 Å². The summed E-state index contributed by atoms with van der Waals surface area (Å²) in [6, 6.07) is 8.67. The molecule has 1 fully saturated rings. The molecule has 2 atom stereocenters. The summed E-state index contributed by atoms with van der Waals surface area (Å²) in [5.41, 5.74) is 13.3. The summed E-state index contributed by atoms with van der Waals surface area (Å²) in [6.07, 6.45) is 1.26. The van der Waals surface area contributed by atoms with Gasteiger partial charge < -0.3 is 26.4 Å². The Hall–Kier alpha value is -3.50. The van der Waals surface area contributed by atoms with Crippen molar-refractivity contribution in [3.8, 4) is 17.1 Å². The number of nitrogens with two attached hydrogens (primary N) is 2. The monoisotopic (exact) mass is 488 g/mol. The van der Waals surface area contributed by atoms with Gasteiger partial charge in [0.1, 0.15) is 17.7 Å². The van der Waals surface area contributed by atoms with Crippen molar-refractivity contribution >= 4 is 29.1 Å². The molecular formula is C23H23ClF2N6O2. The second kappa shape index (κ2) is 9.78. The first kappa shape index (κ1) is 23.7. The highest BCUT2D eigenvalue weighted by Gasteiger charge is 2.24. The molecule has 0 bridgehead atoms. The number of carbonyl (C=O) groups is 1. The fourth-order valence-corrected chi connectivity index (χ4v) is 3.95. The van der Waals surface area contributed by atoms with Crippen molar-refractivity contribution in [3.05, 3.63) is 64.8 Å². The minimum Gasteiger partial charge on any atom is -0.467 e. The number of likely N-dealkylation sites (tertiary alicyclic amines) is 1. The Labute approximate surface area is 199 Å². The maximum Gasteiger partial charge on any atom is 0.321 e. The number of nitrogens with one attached hydrogen (secondary N) is 1. The van der Waals surface area contributed by atoms with E-state index in [9.17, 15) is 13.6 Å². The number of nitrogens with zero attached hydrogens (tertiary/aromatic N) is 3. The molecule has 2 amide bonds. The molecule has 11 heteroatoms. The van der Waals surface area contributed by atoms with E-state index in [1.54, 1.807) is 29.2 Å². The number of carbonyl (C=O) groups excluding carboxylic acids is 1. The van der Waals surface area contributed by atoms with E-state index >= 15 is 0 Å². The molecule has 0 aliphatic carbocycles. The van der Waals surface area contributed by atoms with Crippen LogP contribution in [0.4, 0.5) is 25.1 Å². The summed E-state index contributed by atoms with van der Waals surface area (Å²) >= 11 is 5.92. The van der Waals surface area contributed by atoms with Crippen LogP contribution >= 0.6 is 11.6 Å². The van der Waals surface area contributed by atoms with Gasteiger partial charge in [-0.1, -0.05) is 23.7 Å². The van der Waals surface area contributed by atoms with Crippen molar-refractivity contribution in [3.63, 3.8) is 0 Å². The van der Waals surface area contributed by atoms with Gasteiger partial charge in [0.15, 0.2) is 5.82 Å². The predicted octanol–water partition coefficient (Wildman–Crippen LogP) is 4.36. The minimum absolute atomic E-state index is 0.00443. The second-order valence-corrected chi connectivity index (χ2v) is 8.34. The van der Waals surface area contributed by atoms with Crippen molar-refractivity contribution < 1.29 is 18.3 Å². The molecule has 34 heavy (non-hydrogen) atoms. The molecule has 3 aromatic rings. The predicted molar refractivity (Wildman–Crippen MR) is 125 cm³/mol. The van der Waals surface area contributed by atoms with Gasteiger partial charge in [0.2, 0.25) is 0 Å². The van der Waals surface area contributed by atoms with Crippen molar-refractivity contribution in [2.24, 2.45) is 5.73 Å². The summed E-state index contributed by atoms with van der Waals surface area (Å²) in [5.74, 6) is -1.54. The minimum atomic E-state index is -0.980. The summed E-state index contributed by atoms with van der Waals surface area (Å²) in [4.78, 5) is 22.5. The maximum absolute atomic E-state index is 14.2. The maximum atomic E-state index is 14.2. The van der Waals surface area contributed by atoms with Gasteiger partial charge in [-0.3, -0.25) is 0 Å². The van der Waals surface area contributed by atoms with Crippen LogP contribution in [0, 0.1) is 11.6 Å². The Kier molecular flexibility index (Phi) is 6.80. The fourth-order valence-electron chi connectivity index (χ4n) is 3.65. The average Bonchev–Trinajstić information content (AvgIpc) is 3.25. The Balaban J connectivity index is 1.50. The summed E-state index contributed by atoms with van der Waals surface area (Å²) in [5, 5.41) is 2.46. The van der Waals surface area contributed by atoms with Crippen LogP contribution in [0.3, 0.4) is 0 Å². The molecule has 2 aromatic carbocycles. The first-order valence-electron chi connectivity index (χ1n) is 10.6. The largest absolute Gasteiger partial charge is 0.467 e. The molecule has 2 heterocycles. The van der Waals surface area contributed by atoms with Crippen LogP contribution < -0.4 is 21.5 Å². The first-order valence-corrected chi connectivity index (χ1v) is 10.9. The van der Waals surface area contributed by atoms with Gasteiger partial charge >= 0.3 is 6.03 Å². The number of hydrogen-bond donors (Lipinski definition) is 3. The molecule has 1 unspecified atom stereocenters. The van der Waals surface area contributed by atoms with E-state index in [2.05, 4.69) is 15.3 Å². The van der Waals surface area contributed by atoms with Crippen molar-refractivity contribution in [2.75, 3.05) is 24.1 Å². The van der Waals surface area contributed by atoms with Gasteiger partial charge in [0, 0.05) is 35.9 Å². The molecule has 1 saturated heterocycles. The molecule has 178 valence electrons. The number of nitrogen functional groups attached to an aromatic ring is 1. The lowest BCUT2D eigenvalue weighted by Crippen LogP contribution is -2.35. The Bertz CT molecular complexity index is 1210. The third kappa shape index (κ3) is 5.02. The molecule has 1 aliphatic rings. The Morgan fingerprint density at radius 1 is 1.24 bits per heavy atom. The number of urea groups is 1. The van der Waals surface area contributed by atoms with Crippen LogP contribution in [-0.4, -0.2) is 40.0 Å². The Morgan fingerprint density at radius 2 is 1.94 bits per heavy atom. The van der Waals surface area contributed by atoms with Gasteiger partial charge in [-0.2, -0.15) is 0 Å². The number of ether oxygens (including phenoxy) is 1. The third-order valence-electron chi connectivity index (χ3n) is 5.49. The number of halogens is 3. The van der Waals surface area contributed by atoms with E-state index in [1.807, 2.05) is 0 Å². The van der Waals surface area contributed by atoms with Crippen LogP contribution in [0.15, 0.2) is 42.6 Å². The van der Waals surface area contributed by atoms with Gasteiger partial charge in [0.05, 0.1) is 16.9 Å². The molecule has 5 N–H and O–H groups in total. The number of amides is 2. The molecule has 0 saturated carbocycles. The molecule has 4 rings (SSSR count). The molecule has 0 spiro atoms. The zero-order valence-corrected chi connectivity index (χ0v) is 19.0. The third-order valence-corrected chi connectivity index (χ3v) is 5.87. The molecule has 0 radical (unpaired) electrons. The molecule has 1 aliphatic heterocycles. The zero-order valence-electron chi connectivity index (χ0n) is 18.3. The number of aromatic nitrogens is 2. The summed E-state index contributed by atoms with van der Waals surface area (Å²) in [7, 11) is 0. The molecule has 1 aromatic heterocycles. The number of benzene rings is 2. The fraction of sp³-hybridized carbons (Fsp3) is 0.261. The van der Waals surface area contributed by atoms with Gasteiger partial charge in [-0.05, 0) is 37.6 Å². The standard InChI is InChI=1S/C23H23ClF2N6O2/c1-12(19-16(25)6-7-17(26)20(19)24)34-22-21(28)29-10-18(31-22)13-2-4-15(5-3-13)30-23(33)32-9-8-14(27)11-32/h2-7,10,12,14H,8-9,11,27H2,1H3,(H2,28,29)(H,30,33)/t12-,14?/m0/s1. The first-order chi connectivity index (χ1) is 16.2. The van der Waals surface area contributed by atoms with E-state index in [0.717, 1.165) is 18.6 Å². The van der Waals surface area contributed by atoms with E-state index in [-0.39, 0.29) is 34.4 Å². The number of hydrogen-bond acceptors (Lipinski definition) is 6. The van der Waals surface area contributed by atoms with E-state index in [1.165, 1.54) is 13.1 Å². The van der Waals surface area contributed by atoms with E-state index < -0.39 is 17.7 Å². The lowest BCUT2D eigenvalue weighted by Gasteiger charge is -2.18. The average molecular weight is 489 g/mol. The highest BCUT2D eigenvalue weighted by atomic mass is 35.5. The lowest BCUT2D eigenvalue weighted by atomic mass is 10.1. The Morgan fingerprint density at radius 3 is 2.62 bits per heavy atom. The second-order valence-electron chi connectivity index (χ2n) is 7.96. The van der Waals surface area contributed by atoms with Gasteiger partial charge in [-0.25, -0.2) is 23.5 Å². The topological polar surface area (TPSA) is 119 Å². The summed E-state index contributed by atoms with van der Waals surface area (Å²) < 4.78 is 33.7. The zero-order chi connectivity index (χ0) is 24.4. The van der Waals surface area contributed by atoms with Gasteiger partial charge in [-0.15, -0.1) is 0 Å². The normalized spacial score (nSPS) is 16.4. The summed E-state index contributed by atoms with van der Waals surface area (Å²) in [6.45, 7) is 2.65. The van der Waals surface area contributed by atoms with Crippen LogP contribution in [0.5, 0.6) is 5.88 Å². The van der Waals surface area contributed by atoms with E-state index in [0.29, 0.717) is 30.0 Å². The smallest absolute Gasteiger partial charge is 0.321 e. The van der Waals surface area contributed by atoms with Crippen molar-refractivity contribution in [1.82, 2.24) is 14.9 Å². The highest BCUT2D eigenvalue weighted by molar-refractivity contribution is 6.31. The SMILES string of the molecule is C[C@H](Oc1nc(-c2ccc(NC(=O)N3CCC(N)C3)cc2)cnc1N)c1c(F)ccc(F)c1Cl. The molecular weight excluding hydrogens is 466 g/mol. The lowest BCUT2D eigenvalue weighted by molar-refractivity contribution is 0.213. The number of anilines is 2.